The van der Waals surface area contributed by atoms with Gasteiger partial charge in [-0.3, -0.25) is 0 Å². The van der Waals surface area contributed by atoms with Gasteiger partial charge in [-0.25, -0.2) is 0 Å². The van der Waals surface area contributed by atoms with Crippen molar-refractivity contribution in [2.45, 2.75) is 0 Å². The summed E-state index contributed by atoms with van der Waals surface area (Å²) in [5, 5.41) is 12.9. The molecule has 7 aromatic rings. The summed E-state index contributed by atoms with van der Waals surface area (Å²) in [6.07, 6.45) is 0. The minimum atomic E-state index is 1.37. The second kappa shape index (κ2) is 5.65. The van der Waals surface area contributed by atoms with Gasteiger partial charge in [-0.05, 0) is 45.8 Å². The Hall–Kier alpha value is -2.24. The molecule has 4 heterocycles. The molecule has 0 saturated heterocycles. The fourth-order valence-corrected chi connectivity index (χ4v) is 8.60. The second-order valence-electron chi connectivity index (χ2n) is 6.92. The molecule has 3 aromatic carbocycles. The number of fused-ring (bicyclic) bond motifs is 2. The van der Waals surface area contributed by atoms with E-state index in [4.69, 9.17) is 0 Å². The molecule has 0 aliphatic carbocycles. The summed E-state index contributed by atoms with van der Waals surface area (Å²) in [5.41, 5.74) is 0. The Labute approximate surface area is 177 Å². The molecule has 0 amide bonds. The van der Waals surface area contributed by atoms with Crippen LogP contribution in [0.4, 0.5) is 0 Å². The number of benzene rings is 3. The van der Waals surface area contributed by atoms with Crippen LogP contribution in [0, 0.1) is 0 Å². The third-order valence-electron chi connectivity index (χ3n) is 5.46. The molecule has 0 bridgehead atoms. The lowest BCUT2D eigenvalue weighted by atomic mass is 9.94. The van der Waals surface area contributed by atoms with Crippen LogP contribution in [0.2, 0.25) is 0 Å². The van der Waals surface area contributed by atoms with Crippen molar-refractivity contribution in [3.8, 4) is 19.5 Å². The molecule has 4 aromatic heterocycles. The third kappa shape index (κ3) is 1.93. The highest BCUT2D eigenvalue weighted by Crippen LogP contribution is 2.53. The molecule has 0 nitrogen and oxygen atoms in total. The predicted octanol–water partition coefficient (Wildman–Crippen LogP) is 9.32. The maximum absolute atomic E-state index is 2.32. The molecule has 0 aliphatic heterocycles. The lowest BCUT2D eigenvalue weighted by Gasteiger charge is -2.08. The standard InChI is InChI=1S/C24H12S4/c1-5-13-19-15(7-1)27-24(18-10-4-12-26-18)22(19)14-6-2-8-16-20(14)21(13)23(28-16)17-9-3-11-25-17/h1-12H. The zero-order valence-corrected chi connectivity index (χ0v) is 17.8. The molecule has 0 saturated carbocycles. The number of rotatable bonds is 2. The van der Waals surface area contributed by atoms with E-state index >= 15 is 0 Å². The summed E-state index contributed by atoms with van der Waals surface area (Å²) >= 11 is 7.56. The van der Waals surface area contributed by atoms with E-state index in [1.807, 2.05) is 45.3 Å². The predicted molar refractivity (Wildman–Crippen MR) is 130 cm³/mol. The minimum Gasteiger partial charge on any atom is -0.143 e. The summed E-state index contributed by atoms with van der Waals surface area (Å²) in [6, 6.07) is 22.5. The quantitative estimate of drug-likeness (QED) is 0.241. The van der Waals surface area contributed by atoms with E-state index in [0.717, 1.165) is 0 Å². The summed E-state index contributed by atoms with van der Waals surface area (Å²) in [4.78, 5) is 5.58. The number of thiophene rings is 4. The zero-order valence-electron chi connectivity index (χ0n) is 14.6. The van der Waals surface area contributed by atoms with Crippen molar-refractivity contribution in [2.75, 3.05) is 0 Å². The molecule has 0 atom stereocenters. The van der Waals surface area contributed by atoms with Crippen LogP contribution < -0.4 is 0 Å². The van der Waals surface area contributed by atoms with Crippen LogP contribution in [0.1, 0.15) is 0 Å². The molecule has 0 aliphatic rings. The Morgan fingerprint density at radius 3 is 1.39 bits per heavy atom. The maximum Gasteiger partial charge on any atom is 0.0534 e. The average molecular weight is 429 g/mol. The SMILES string of the molecule is c1csc(-c2sc3cccc4c5c(-c6cccs6)sc6cccc(c2c34)c65)c1. The van der Waals surface area contributed by atoms with E-state index in [0.29, 0.717) is 0 Å². The molecular weight excluding hydrogens is 417 g/mol. The van der Waals surface area contributed by atoms with Gasteiger partial charge in [0.05, 0.1) is 9.75 Å². The van der Waals surface area contributed by atoms with E-state index in [2.05, 4.69) is 71.4 Å². The molecule has 0 N–H and O–H groups in total. The van der Waals surface area contributed by atoms with Crippen LogP contribution in [-0.2, 0) is 0 Å². The monoisotopic (exact) mass is 428 g/mol. The van der Waals surface area contributed by atoms with Crippen molar-refractivity contribution in [1.82, 2.24) is 0 Å². The highest BCUT2D eigenvalue weighted by atomic mass is 32.1. The first kappa shape index (κ1) is 15.7. The maximum atomic E-state index is 2.32. The number of hydrogen-bond donors (Lipinski definition) is 0. The Balaban J connectivity index is 1.80. The van der Waals surface area contributed by atoms with Gasteiger partial charge in [-0.15, -0.1) is 45.3 Å². The van der Waals surface area contributed by atoms with Crippen molar-refractivity contribution in [2.24, 2.45) is 0 Å². The Bertz CT molecular complexity index is 1470. The van der Waals surface area contributed by atoms with Crippen molar-refractivity contribution in [3.63, 3.8) is 0 Å². The third-order valence-corrected chi connectivity index (χ3v) is 9.87. The van der Waals surface area contributed by atoms with E-state index in [-0.39, 0.29) is 0 Å². The van der Waals surface area contributed by atoms with Crippen LogP contribution in [-0.4, -0.2) is 0 Å². The van der Waals surface area contributed by atoms with Crippen molar-refractivity contribution in [1.29, 1.82) is 0 Å². The van der Waals surface area contributed by atoms with Gasteiger partial charge < -0.3 is 0 Å². The van der Waals surface area contributed by atoms with Crippen LogP contribution in [0.15, 0.2) is 71.4 Å². The van der Waals surface area contributed by atoms with E-state index < -0.39 is 0 Å². The van der Waals surface area contributed by atoms with Gasteiger partial charge in [-0.1, -0.05) is 36.4 Å². The minimum absolute atomic E-state index is 1.37. The van der Waals surface area contributed by atoms with Gasteiger partial charge >= 0.3 is 0 Å². The summed E-state index contributed by atoms with van der Waals surface area (Å²) in [6.45, 7) is 0. The van der Waals surface area contributed by atoms with Crippen LogP contribution >= 0.6 is 45.3 Å². The molecule has 132 valence electrons. The molecule has 0 fully saturated rings. The normalized spacial score (nSPS) is 12.3. The van der Waals surface area contributed by atoms with Crippen LogP contribution in [0.25, 0.3) is 61.2 Å². The Kier molecular flexibility index (Phi) is 3.16. The topological polar surface area (TPSA) is 0 Å². The molecule has 28 heavy (non-hydrogen) atoms. The van der Waals surface area contributed by atoms with E-state index in [1.165, 1.54) is 61.2 Å². The van der Waals surface area contributed by atoms with Crippen LogP contribution in [0.3, 0.4) is 0 Å². The zero-order chi connectivity index (χ0) is 18.2. The summed E-state index contributed by atoms with van der Waals surface area (Å²) < 4.78 is 2.78. The first-order valence-electron chi connectivity index (χ1n) is 9.09. The molecule has 7 rings (SSSR count). The lowest BCUT2D eigenvalue weighted by molar-refractivity contribution is 1.90. The van der Waals surface area contributed by atoms with Gasteiger partial charge in [0.2, 0.25) is 0 Å². The molecule has 0 unspecified atom stereocenters. The van der Waals surface area contributed by atoms with E-state index in [9.17, 15) is 0 Å². The fraction of sp³-hybridized carbons (Fsp3) is 0. The van der Waals surface area contributed by atoms with Crippen molar-refractivity contribution >= 4 is 87.1 Å². The molecular formula is C24H12S4. The summed E-state index contributed by atoms with van der Waals surface area (Å²) in [5.74, 6) is 0. The molecule has 4 heteroatoms. The van der Waals surface area contributed by atoms with Gasteiger partial charge in [-0.2, -0.15) is 0 Å². The highest BCUT2D eigenvalue weighted by Gasteiger charge is 2.23. The van der Waals surface area contributed by atoms with Crippen molar-refractivity contribution < 1.29 is 0 Å². The fourth-order valence-electron chi connectivity index (χ4n) is 4.39. The second-order valence-corrected chi connectivity index (χ2v) is 10.9. The average Bonchev–Trinajstić information content (AvgIpc) is 3.51. The molecule has 0 radical (unpaired) electrons. The molecule has 0 spiro atoms. The highest BCUT2D eigenvalue weighted by molar-refractivity contribution is 7.28. The first-order valence-corrected chi connectivity index (χ1v) is 12.5. The van der Waals surface area contributed by atoms with Gasteiger partial charge in [0.15, 0.2) is 0 Å². The smallest absolute Gasteiger partial charge is 0.0534 e. The summed E-state index contributed by atoms with van der Waals surface area (Å²) in [7, 11) is 0. The number of hydrogen-bond acceptors (Lipinski definition) is 4. The van der Waals surface area contributed by atoms with Crippen LogP contribution in [0.5, 0.6) is 0 Å². The van der Waals surface area contributed by atoms with Crippen molar-refractivity contribution in [3.05, 3.63) is 71.4 Å². The van der Waals surface area contributed by atoms with Gasteiger partial charge in [0, 0.05) is 40.7 Å². The van der Waals surface area contributed by atoms with Gasteiger partial charge in [0.1, 0.15) is 0 Å². The van der Waals surface area contributed by atoms with Gasteiger partial charge in [0.25, 0.3) is 0 Å². The Morgan fingerprint density at radius 1 is 0.464 bits per heavy atom. The lowest BCUT2D eigenvalue weighted by Crippen LogP contribution is -1.81. The Morgan fingerprint density at radius 2 is 0.964 bits per heavy atom. The first-order chi connectivity index (χ1) is 13.9. The van der Waals surface area contributed by atoms with E-state index in [1.54, 1.807) is 0 Å². The largest absolute Gasteiger partial charge is 0.143 e.